The van der Waals surface area contributed by atoms with E-state index in [4.69, 9.17) is 0 Å². The van der Waals surface area contributed by atoms with Crippen LogP contribution in [0.15, 0.2) is 24.4 Å². The first-order valence-electron chi connectivity index (χ1n) is 12.6. The van der Waals surface area contributed by atoms with E-state index in [1.807, 2.05) is 12.3 Å². The number of anilines is 4. The zero-order chi connectivity index (χ0) is 25.7. The number of benzene rings is 1. The summed E-state index contributed by atoms with van der Waals surface area (Å²) in [6.45, 7) is 8.01. The van der Waals surface area contributed by atoms with Gasteiger partial charge >= 0.3 is 6.18 Å². The van der Waals surface area contributed by atoms with E-state index < -0.39 is 11.7 Å². The summed E-state index contributed by atoms with van der Waals surface area (Å²) in [5.41, 5.74) is 2.29. The highest BCUT2D eigenvalue weighted by molar-refractivity contribution is 7.96. The van der Waals surface area contributed by atoms with Crippen molar-refractivity contribution in [3.05, 3.63) is 35.5 Å². The summed E-state index contributed by atoms with van der Waals surface area (Å²) in [6.07, 6.45) is 0.815. The minimum absolute atomic E-state index is 0.0385. The Morgan fingerprint density at radius 3 is 2.42 bits per heavy atom. The summed E-state index contributed by atoms with van der Waals surface area (Å²) >= 11 is 1.57. The first-order valence-corrected chi connectivity index (χ1v) is 13.8. The van der Waals surface area contributed by atoms with E-state index in [0.29, 0.717) is 19.0 Å². The van der Waals surface area contributed by atoms with Gasteiger partial charge < -0.3 is 20.0 Å². The molecular weight excluding hydrogens is 487 g/mol. The fourth-order valence-electron chi connectivity index (χ4n) is 4.80. The van der Waals surface area contributed by atoms with Crippen LogP contribution in [0.4, 0.5) is 36.3 Å². The number of aryl methyl sites for hydroxylation is 1. The van der Waals surface area contributed by atoms with Gasteiger partial charge in [0.25, 0.3) is 0 Å². The zero-order valence-electron chi connectivity index (χ0n) is 21.2. The number of nitrogens with zero attached hydrogens (tertiary/aromatic N) is 5. The Morgan fingerprint density at radius 2 is 1.78 bits per heavy atom. The van der Waals surface area contributed by atoms with Crippen LogP contribution in [-0.2, 0) is 12.6 Å². The number of nitrogens with one attached hydrogen (secondary N) is 2. The van der Waals surface area contributed by atoms with Gasteiger partial charge in [-0.2, -0.15) is 18.2 Å². The lowest BCUT2D eigenvalue weighted by atomic mass is 9.97. The number of halogens is 3. The molecule has 2 aliphatic heterocycles. The molecule has 0 atom stereocenters. The molecule has 2 fully saturated rings. The third-order valence-corrected chi connectivity index (χ3v) is 7.54. The Labute approximate surface area is 216 Å². The molecule has 0 radical (unpaired) electrons. The maximum atomic E-state index is 13.8. The number of aromatic nitrogens is 2. The fraction of sp³-hybridized carbons (Fsp3) is 0.600. The van der Waals surface area contributed by atoms with Crippen molar-refractivity contribution in [2.75, 3.05) is 74.2 Å². The van der Waals surface area contributed by atoms with Crippen molar-refractivity contribution >= 4 is 35.1 Å². The molecule has 2 aliphatic rings. The first kappa shape index (κ1) is 26.8. The number of likely N-dealkylation sites (N-methyl/N-ethyl adjacent to an activating group) is 1. The second kappa shape index (κ2) is 11.9. The molecule has 4 rings (SSSR count). The van der Waals surface area contributed by atoms with E-state index in [-0.39, 0.29) is 11.8 Å². The quantitative estimate of drug-likeness (QED) is 0.486. The van der Waals surface area contributed by atoms with E-state index in [2.05, 4.69) is 55.9 Å². The Bertz CT molecular complexity index is 1000. The van der Waals surface area contributed by atoms with E-state index in [1.54, 1.807) is 16.8 Å². The van der Waals surface area contributed by atoms with Crippen molar-refractivity contribution in [1.82, 2.24) is 19.6 Å². The molecule has 2 N–H and O–H groups in total. The van der Waals surface area contributed by atoms with Gasteiger partial charge in [-0.05, 0) is 62.2 Å². The molecule has 3 heterocycles. The summed E-state index contributed by atoms with van der Waals surface area (Å²) < 4.78 is 44.7. The van der Waals surface area contributed by atoms with E-state index in [1.165, 1.54) is 5.69 Å². The van der Waals surface area contributed by atoms with Crippen molar-refractivity contribution in [2.45, 2.75) is 32.4 Å². The van der Waals surface area contributed by atoms with Crippen LogP contribution >= 0.6 is 11.9 Å². The summed E-state index contributed by atoms with van der Waals surface area (Å²) in [7, 11) is 2.13. The molecular formula is C25H36F3N7S. The van der Waals surface area contributed by atoms with Crippen LogP contribution < -0.4 is 19.8 Å². The van der Waals surface area contributed by atoms with Crippen molar-refractivity contribution in [3.63, 3.8) is 0 Å². The number of piperidine rings is 1. The molecule has 7 nitrogen and oxygen atoms in total. The third-order valence-electron chi connectivity index (χ3n) is 7.09. The van der Waals surface area contributed by atoms with Crippen LogP contribution in [0.2, 0.25) is 0 Å². The molecule has 198 valence electrons. The van der Waals surface area contributed by atoms with Crippen LogP contribution in [0.3, 0.4) is 0 Å². The van der Waals surface area contributed by atoms with Crippen molar-refractivity contribution in [3.8, 4) is 0 Å². The molecule has 1 aromatic carbocycles. The molecule has 11 heteroatoms. The monoisotopic (exact) mass is 523 g/mol. The van der Waals surface area contributed by atoms with Gasteiger partial charge in [0.1, 0.15) is 11.4 Å². The van der Waals surface area contributed by atoms with Crippen LogP contribution in [0.1, 0.15) is 30.9 Å². The van der Waals surface area contributed by atoms with Crippen LogP contribution in [-0.4, -0.2) is 74.0 Å². The summed E-state index contributed by atoms with van der Waals surface area (Å²) in [6, 6.07) is 6.20. The number of hydrogen-bond acceptors (Lipinski definition) is 8. The molecule has 0 amide bonds. The maximum Gasteiger partial charge on any atom is 0.421 e. The minimum atomic E-state index is -4.51. The fourth-order valence-corrected chi connectivity index (χ4v) is 5.20. The first-order chi connectivity index (χ1) is 17.3. The molecule has 0 aliphatic carbocycles. The largest absolute Gasteiger partial charge is 0.421 e. The van der Waals surface area contributed by atoms with Crippen LogP contribution in [0.25, 0.3) is 0 Å². The molecule has 2 saturated heterocycles. The highest BCUT2D eigenvalue weighted by Crippen LogP contribution is 2.37. The topological polar surface area (TPSA) is 59.6 Å². The highest BCUT2D eigenvalue weighted by Gasteiger charge is 2.37. The van der Waals surface area contributed by atoms with Gasteiger partial charge in [0.2, 0.25) is 5.95 Å². The number of hydrogen-bond donors (Lipinski definition) is 2. The molecule has 0 bridgehead atoms. The smallest absolute Gasteiger partial charge is 0.369 e. The maximum absolute atomic E-state index is 13.8. The van der Waals surface area contributed by atoms with Gasteiger partial charge in [0.15, 0.2) is 0 Å². The lowest BCUT2D eigenvalue weighted by Crippen LogP contribution is -2.44. The molecule has 0 saturated carbocycles. The third kappa shape index (κ3) is 6.54. The average molecular weight is 524 g/mol. The Hall–Kier alpha value is -2.24. The van der Waals surface area contributed by atoms with Gasteiger partial charge in [0.05, 0.1) is 0 Å². The van der Waals surface area contributed by atoms with Gasteiger partial charge in [0, 0.05) is 63.4 Å². The number of rotatable bonds is 8. The lowest BCUT2D eigenvalue weighted by Gasteiger charge is -2.34. The molecule has 1 aromatic heterocycles. The summed E-state index contributed by atoms with van der Waals surface area (Å²) in [5, 5.41) is 3.20. The van der Waals surface area contributed by atoms with Gasteiger partial charge in [-0.25, -0.2) is 4.98 Å². The number of piperazine rings is 1. The predicted octanol–water partition coefficient (Wildman–Crippen LogP) is 4.64. The normalized spacial score (nSPS) is 18.1. The van der Waals surface area contributed by atoms with E-state index in [0.717, 1.165) is 69.4 Å². The summed E-state index contributed by atoms with van der Waals surface area (Å²) in [5.74, 6) is 0.600. The average Bonchev–Trinajstić information content (AvgIpc) is 2.88. The van der Waals surface area contributed by atoms with E-state index in [9.17, 15) is 13.2 Å². The molecule has 0 spiro atoms. The van der Waals surface area contributed by atoms with Crippen LogP contribution in [0, 0.1) is 5.92 Å². The van der Waals surface area contributed by atoms with Gasteiger partial charge in [-0.1, -0.05) is 18.9 Å². The van der Waals surface area contributed by atoms with Crippen molar-refractivity contribution in [1.29, 1.82) is 0 Å². The number of alkyl halides is 3. The molecule has 36 heavy (non-hydrogen) atoms. The highest BCUT2D eigenvalue weighted by atomic mass is 32.2. The predicted molar refractivity (Wildman–Crippen MR) is 142 cm³/mol. The van der Waals surface area contributed by atoms with Crippen LogP contribution in [0.5, 0.6) is 0 Å². The standard InChI is InChI=1S/C25H36F3N7S/c1-4-19-15-20(34-13-11-33(2)12-14-34)5-6-22(19)31-24-29-17-21(25(26,27)28)23(32-24)35-9-7-18(8-10-35)16-30-36-3/h5-6,15,17-18,30H,4,7-14,16H2,1-3H3,(H,29,31,32). The van der Waals surface area contributed by atoms with E-state index >= 15 is 0 Å². The van der Waals surface area contributed by atoms with Crippen molar-refractivity contribution < 1.29 is 13.2 Å². The lowest BCUT2D eigenvalue weighted by molar-refractivity contribution is -0.137. The minimum Gasteiger partial charge on any atom is -0.369 e. The Morgan fingerprint density at radius 1 is 1.06 bits per heavy atom. The molecule has 2 aromatic rings. The molecule has 0 unspecified atom stereocenters. The SMILES string of the molecule is CCc1cc(N2CCN(C)CC2)ccc1Nc1ncc(C(F)(F)F)c(N2CCC(CNSC)CC2)n1. The summed E-state index contributed by atoms with van der Waals surface area (Å²) in [4.78, 5) is 14.9. The zero-order valence-corrected chi connectivity index (χ0v) is 22.1. The van der Waals surface area contributed by atoms with Gasteiger partial charge in [-0.3, -0.25) is 4.72 Å². The van der Waals surface area contributed by atoms with Crippen molar-refractivity contribution in [2.24, 2.45) is 5.92 Å². The Kier molecular flexibility index (Phi) is 8.84. The second-order valence-electron chi connectivity index (χ2n) is 9.52. The second-order valence-corrected chi connectivity index (χ2v) is 10.2. The Balaban J connectivity index is 1.53. The van der Waals surface area contributed by atoms with Gasteiger partial charge in [-0.15, -0.1) is 0 Å².